The first-order valence-electron chi connectivity index (χ1n) is 7.47. The number of aliphatic hydroxyl groups is 3. The van der Waals surface area contributed by atoms with E-state index in [9.17, 15) is 20.1 Å². The van der Waals surface area contributed by atoms with E-state index in [0.29, 0.717) is 0 Å². The van der Waals surface area contributed by atoms with Crippen LogP contribution >= 0.6 is 0 Å². The van der Waals surface area contributed by atoms with E-state index in [1.54, 1.807) is 13.8 Å². The summed E-state index contributed by atoms with van der Waals surface area (Å²) in [4.78, 5) is 14.3. The highest BCUT2D eigenvalue weighted by Gasteiger charge is 2.46. The number of carbonyl (C=O) groups excluding carboxylic acids is 1. The van der Waals surface area contributed by atoms with Gasteiger partial charge in [-0.05, 0) is 24.8 Å². The van der Waals surface area contributed by atoms with Crippen molar-refractivity contribution in [2.45, 2.75) is 51.0 Å². The standard InChI is InChI=1S/C15H25NO5/c1-9(2)15(20,10(3)17)14(19)21-8-11-4-6-16-7-5-12(18)13(11)16/h4,9-10,12-13,17-18,20H,5-8H2,1-3H3/t10-,12+,13+,15?/m0/s1. The first kappa shape index (κ1) is 16.4. The molecule has 21 heavy (non-hydrogen) atoms. The molecule has 1 unspecified atom stereocenters. The Bertz CT molecular complexity index is 424. The van der Waals surface area contributed by atoms with E-state index in [1.807, 2.05) is 6.08 Å². The minimum Gasteiger partial charge on any atom is -0.459 e. The number of esters is 1. The van der Waals surface area contributed by atoms with Gasteiger partial charge in [-0.1, -0.05) is 19.9 Å². The number of aliphatic hydroxyl groups excluding tert-OH is 2. The van der Waals surface area contributed by atoms with Crippen molar-refractivity contribution >= 4 is 5.97 Å². The van der Waals surface area contributed by atoms with Crippen LogP contribution in [0.4, 0.5) is 0 Å². The molecular weight excluding hydrogens is 274 g/mol. The van der Waals surface area contributed by atoms with Gasteiger partial charge in [-0.2, -0.15) is 0 Å². The Kier molecular flexibility index (Phi) is 4.72. The highest BCUT2D eigenvalue weighted by molar-refractivity contribution is 5.80. The van der Waals surface area contributed by atoms with E-state index in [2.05, 4.69) is 4.90 Å². The van der Waals surface area contributed by atoms with Crippen LogP contribution in [-0.2, 0) is 9.53 Å². The number of fused-ring (bicyclic) bond motifs is 1. The zero-order chi connectivity index (χ0) is 15.8. The number of ether oxygens (including phenoxy) is 1. The predicted octanol–water partition coefficient (Wildman–Crippen LogP) is -0.327. The van der Waals surface area contributed by atoms with Crippen LogP contribution < -0.4 is 0 Å². The van der Waals surface area contributed by atoms with Crippen LogP contribution in [-0.4, -0.2) is 69.7 Å². The number of nitrogens with zero attached hydrogens (tertiary/aromatic N) is 1. The van der Waals surface area contributed by atoms with Crippen LogP contribution in [0.15, 0.2) is 11.6 Å². The van der Waals surface area contributed by atoms with Gasteiger partial charge in [0.1, 0.15) is 6.61 Å². The van der Waals surface area contributed by atoms with Gasteiger partial charge in [-0.3, -0.25) is 4.90 Å². The summed E-state index contributed by atoms with van der Waals surface area (Å²) in [5.41, 5.74) is -1.04. The van der Waals surface area contributed by atoms with Crippen molar-refractivity contribution < 1.29 is 24.9 Å². The summed E-state index contributed by atoms with van der Waals surface area (Å²) in [5, 5.41) is 30.0. The molecule has 6 heteroatoms. The summed E-state index contributed by atoms with van der Waals surface area (Å²) in [5.74, 6) is -1.28. The van der Waals surface area contributed by atoms with Crippen LogP contribution in [0.3, 0.4) is 0 Å². The quantitative estimate of drug-likeness (QED) is 0.476. The molecule has 120 valence electrons. The zero-order valence-electron chi connectivity index (χ0n) is 12.8. The van der Waals surface area contributed by atoms with Gasteiger partial charge in [0.05, 0.1) is 18.2 Å². The van der Waals surface area contributed by atoms with Crippen molar-refractivity contribution in [1.82, 2.24) is 4.90 Å². The third kappa shape index (κ3) is 2.85. The van der Waals surface area contributed by atoms with E-state index in [-0.39, 0.29) is 12.6 Å². The summed E-state index contributed by atoms with van der Waals surface area (Å²) in [6.07, 6.45) is 1.03. The molecule has 0 radical (unpaired) electrons. The van der Waals surface area contributed by atoms with Crippen molar-refractivity contribution in [2.75, 3.05) is 19.7 Å². The lowest BCUT2D eigenvalue weighted by Crippen LogP contribution is -2.53. The van der Waals surface area contributed by atoms with Gasteiger partial charge >= 0.3 is 5.97 Å². The van der Waals surface area contributed by atoms with Gasteiger partial charge < -0.3 is 20.1 Å². The average molecular weight is 299 g/mol. The van der Waals surface area contributed by atoms with Crippen molar-refractivity contribution in [2.24, 2.45) is 5.92 Å². The molecule has 1 saturated heterocycles. The summed E-state index contributed by atoms with van der Waals surface area (Å²) in [6.45, 7) is 6.32. The first-order valence-corrected chi connectivity index (χ1v) is 7.47. The van der Waals surface area contributed by atoms with Gasteiger partial charge in [0, 0.05) is 13.1 Å². The van der Waals surface area contributed by atoms with E-state index in [1.165, 1.54) is 6.92 Å². The molecule has 2 aliphatic heterocycles. The molecule has 0 amide bonds. The lowest BCUT2D eigenvalue weighted by molar-refractivity contribution is -0.183. The fourth-order valence-electron chi connectivity index (χ4n) is 3.18. The molecule has 0 aromatic carbocycles. The van der Waals surface area contributed by atoms with Gasteiger partial charge in [0.15, 0.2) is 5.60 Å². The lowest BCUT2D eigenvalue weighted by atomic mass is 9.85. The highest BCUT2D eigenvalue weighted by atomic mass is 16.6. The Morgan fingerprint density at radius 3 is 2.76 bits per heavy atom. The summed E-state index contributed by atoms with van der Waals surface area (Å²) in [7, 11) is 0. The molecule has 0 aliphatic carbocycles. The molecule has 3 N–H and O–H groups in total. The van der Waals surface area contributed by atoms with Crippen LogP contribution in [0.2, 0.25) is 0 Å². The maximum atomic E-state index is 12.1. The Hall–Kier alpha value is -0.950. The van der Waals surface area contributed by atoms with E-state index in [4.69, 9.17) is 4.74 Å². The largest absolute Gasteiger partial charge is 0.459 e. The molecule has 0 bridgehead atoms. The van der Waals surface area contributed by atoms with E-state index in [0.717, 1.165) is 25.1 Å². The van der Waals surface area contributed by atoms with Crippen molar-refractivity contribution in [3.05, 3.63) is 11.6 Å². The van der Waals surface area contributed by atoms with Crippen LogP contribution in [0.5, 0.6) is 0 Å². The second-order valence-electron chi connectivity index (χ2n) is 6.31. The third-order valence-corrected chi connectivity index (χ3v) is 4.65. The average Bonchev–Trinajstić information content (AvgIpc) is 2.98. The molecular formula is C15H25NO5. The number of hydrogen-bond donors (Lipinski definition) is 3. The number of hydrogen-bond acceptors (Lipinski definition) is 6. The Balaban J connectivity index is 1.98. The van der Waals surface area contributed by atoms with Crippen molar-refractivity contribution in [3.8, 4) is 0 Å². The normalized spacial score (nSPS) is 30.0. The van der Waals surface area contributed by atoms with Gasteiger partial charge in [-0.15, -0.1) is 0 Å². The molecule has 2 aliphatic rings. The second kappa shape index (κ2) is 6.04. The van der Waals surface area contributed by atoms with Crippen molar-refractivity contribution in [3.63, 3.8) is 0 Å². The molecule has 2 heterocycles. The first-order chi connectivity index (χ1) is 9.78. The predicted molar refractivity (Wildman–Crippen MR) is 76.5 cm³/mol. The molecule has 2 rings (SSSR count). The Morgan fingerprint density at radius 2 is 2.19 bits per heavy atom. The fourth-order valence-corrected chi connectivity index (χ4v) is 3.18. The van der Waals surface area contributed by atoms with Crippen molar-refractivity contribution in [1.29, 1.82) is 0 Å². The maximum Gasteiger partial charge on any atom is 0.341 e. The third-order valence-electron chi connectivity index (χ3n) is 4.65. The highest BCUT2D eigenvalue weighted by Crippen LogP contribution is 2.30. The second-order valence-corrected chi connectivity index (χ2v) is 6.31. The van der Waals surface area contributed by atoms with Crippen LogP contribution in [0.1, 0.15) is 27.2 Å². The van der Waals surface area contributed by atoms with Crippen LogP contribution in [0.25, 0.3) is 0 Å². The van der Waals surface area contributed by atoms with Crippen LogP contribution in [0, 0.1) is 5.92 Å². The topological polar surface area (TPSA) is 90.2 Å². The lowest BCUT2D eigenvalue weighted by Gasteiger charge is -2.32. The van der Waals surface area contributed by atoms with E-state index >= 15 is 0 Å². The summed E-state index contributed by atoms with van der Waals surface area (Å²) < 4.78 is 5.22. The number of rotatable bonds is 5. The molecule has 0 spiro atoms. The Morgan fingerprint density at radius 1 is 1.52 bits per heavy atom. The summed E-state index contributed by atoms with van der Waals surface area (Å²) in [6, 6.07) is -0.0866. The molecule has 0 saturated carbocycles. The SMILES string of the molecule is CC(C)C(O)(C(=O)OCC1=CCN2CC[C@@H](O)[C@@H]12)[C@H](C)O. The monoisotopic (exact) mass is 299 g/mol. The minimum atomic E-state index is -1.91. The zero-order valence-corrected chi connectivity index (χ0v) is 12.8. The molecule has 0 aromatic heterocycles. The fraction of sp³-hybridized carbons (Fsp3) is 0.800. The van der Waals surface area contributed by atoms with E-state index < -0.39 is 29.7 Å². The molecule has 4 atom stereocenters. The minimum absolute atomic E-state index is 0.0405. The summed E-state index contributed by atoms with van der Waals surface area (Å²) >= 11 is 0. The number of carbonyl (C=O) groups is 1. The molecule has 0 aromatic rings. The molecule has 6 nitrogen and oxygen atoms in total. The molecule has 1 fully saturated rings. The van der Waals surface area contributed by atoms with Gasteiger partial charge in [0.2, 0.25) is 0 Å². The van der Waals surface area contributed by atoms with Gasteiger partial charge in [0.25, 0.3) is 0 Å². The Labute approximate surface area is 125 Å². The maximum absolute atomic E-state index is 12.1. The smallest absolute Gasteiger partial charge is 0.341 e. The van der Waals surface area contributed by atoms with Gasteiger partial charge in [-0.25, -0.2) is 4.79 Å².